The predicted molar refractivity (Wildman–Crippen MR) is 117 cm³/mol. The summed E-state index contributed by atoms with van der Waals surface area (Å²) in [7, 11) is 2.19. The third-order valence-electron chi connectivity index (χ3n) is 6.20. The van der Waals surface area contributed by atoms with Gasteiger partial charge in [0.25, 0.3) is 0 Å². The molecule has 4 heterocycles. The van der Waals surface area contributed by atoms with Gasteiger partial charge in [-0.15, -0.1) is 22.6 Å². The highest BCUT2D eigenvalue weighted by molar-refractivity contribution is 5.85. The minimum absolute atomic E-state index is 0. The van der Waals surface area contributed by atoms with Crippen LogP contribution in [0.2, 0.25) is 0 Å². The van der Waals surface area contributed by atoms with Crippen LogP contribution in [0.3, 0.4) is 0 Å². The smallest absolute Gasteiger partial charge is 0.245 e. The van der Waals surface area contributed by atoms with E-state index in [1.807, 2.05) is 29.8 Å². The molecule has 0 saturated carbocycles. The van der Waals surface area contributed by atoms with Crippen molar-refractivity contribution in [1.82, 2.24) is 29.6 Å². The van der Waals surface area contributed by atoms with Gasteiger partial charge in [-0.2, -0.15) is 0 Å². The number of anilines is 1. The lowest BCUT2D eigenvalue weighted by molar-refractivity contribution is 0.0893. The Morgan fingerprint density at radius 2 is 1.83 bits per heavy atom. The van der Waals surface area contributed by atoms with Crippen molar-refractivity contribution in [3.8, 4) is 22.7 Å². The molecule has 2 fully saturated rings. The second-order valence-electron chi connectivity index (χ2n) is 8.43. The Bertz CT molecular complexity index is 1020. The van der Waals surface area contributed by atoms with Gasteiger partial charge in [-0.05, 0) is 52.0 Å². The number of nitrogens with zero attached hydrogens (tertiary/aromatic N) is 7. The van der Waals surface area contributed by atoms with Crippen LogP contribution in [0.5, 0.6) is 5.75 Å². The van der Waals surface area contributed by atoms with Gasteiger partial charge in [0.15, 0.2) is 0 Å². The van der Waals surface area contributed by atoms with Gasteiger partial charge < -0.3 is 19.5 Å². The molecule has 0 atom stereocenters. The number of imidazole rings is 1. The number of piperidine rings is 1. The van der Waals surface area contributed by atoms with E-state index in [0.717, 1.165) is 24.5 Å². The standard InChI is InChI=1S/C21H25N7O.ClH/c1-15-11-27(14-23-15)16-3-4-17(19(29)9-16)18-10-22-20(25-24-18)28-12-21(13-28)5-7-26(2)8-6-21;/h3-4,9-11,14,29H,5-8,12-13H2,1-2H3;1H. The first-order valence-corrected chi connectivity index (χ1v) is 9.99. The Hall–Kier alpha value is -2.71. The second kappa shape index (κ2) is 7.85. The number of phenolic OH excluding ortho intramolecular Hbond substituents is 1. The van der Waals surface area contributed by atoms with Gasteiger partial charge in [0.05, 0.1) is 23.9 Å². The first kappa shape index (κ1) is 20.6. The third kappa shape index (κ3) is 3.73. The number of phenols is 1. The van der Waals surface area contributed by atoms with E-state index in [2.05, 4.69) is 37.0 Å². The molecule has 1 spiro atoms. The predicted octanol–water partition coefficient (Wildman–Crippen LogP) is 2.69. The fraction of sp³-hybridized carbons (Fsp3) is 0.429. The summed E-state index contributed by atoms with van der Waals surface area (Å²) in [4.78, 5) is 13.3. The van der Waals surface area contributed by atoms with Crippen molar-refractivity contribution >= 4 is 18.4 Å². The Balaban J connectivity index is 0.00000218. The minimum Gasteiger partial charge on any atom is -0.507 e. The molecule has 8 nitrogen and oxygen atoms in total. The molecule has 1 aromatic carbocycles. The van der Waals surface area contributed by atoms with E-state index in [1.54, 1.807) is 18.6 Å². The van der Waals surface area contributed by atoms with Crippen LogP contribution in [0.25, 0.3) is 16.9 Å². The molecule has 0 unspecified atom stereocenters. The quantitative estimate of drug-likeness (QED) is 0.687. The number of likely N-dealkylation sites (tertiary alicyclic amines) is 1. The van der Waals surface area contributed by atoms with Gasteiger partial charge in [-0.3, -0.25) is 0 Å². The van der Waals surface area contributed by atoms with Gasteiger partial charge in [-0.1, -0.05) is 0 Å². The van der Waals surface area contributed by atoms with Crippen LogP contribution in [0.4, 0.5) is 5.95 Å². The Kier molecular flexibility index (Phi) is 5.38. The van der Waals surface area contributed by atoms with E-state index in [0.29, 0.717) is 22.6 Å². The van der Waals surface area contributed by atoms with E-state index < -0.39 is 0 Å². The fourth-order valence-corrected chi connectivity index (χ4v) is 4.31. The maximum absolute atomic E-state index is 10.5. The summed E-state index contributed by atoms with van der Waals surface area (Å²) < 4.78 is 1.87. The van der Waals surface area contributed by atoms with Crippen molar-refractivity contribution in [3.05, 3.63) is 42.6 Å². The summed E-state index contributed by atoms with van der Waals surface area (Å²) in [6.45, 7) is 6.28. The Morgan fingerprint density at radius 3 is 2.43 bits per heavy atom. The summed E-state index contributed by atoms with van der Waals surface area (Å²) in [5.41, 5.74) is 3.37. The van der Waals surface area contributed by atoms with E-state index in [-0.39, 0.29) is 18.2 Å². The SMILES string of the molecule is Cc1cn(-c2ccc(-c3cnc(N4CC5(CCN(C)CC5)C4)nn3)c(O)c2)cn1.Cl. The molecule has 0 radical (unpaired) electrons. The first-order valence-electron chi connectivity index (χ1n) is 9.99. The molecule has 2 saturated heterocycles. The molecule has 30 heavy (non-hydrogen) atoms. The maximum atomic E-state index is 10.5. The molecular formula is C21H26ClN7O. The third-order valence-corrected chi connectivity index (χ3v) is 6.20. The normalized spacial score (nSPS) is 18.1. The van der Waals surface area contributed by atoms with E-state index in [4.69, 9.17) is 0 Å². The van der Waals surface area contributed by atoms with Crippen LogP contribution in [0, 0.1) is 12.3 Å². The summed E-state index contributed by atoms with van der Waals surface area (Å²) >= 11 is 0. The van der Waals surface area contributed by atoms with E-state index in [9.17, 15) is 5.11 Å². The molecule has 2 aliphatic heterocycles. The monoisotopic (exact) mass is 427 g/mol. The molecular weight excluding hydrogens is 402 g/mol. The molecule has 1 N–H and O–H groups in total. The summed E-state index contributed by atoms with van der Waals surface area (Å²) in [5, 5.41) is 19.1. The van der Waals surface area contributed by atoms with Gasteiger partial charge >= 0.3 is 0 Å². The lowest BCUT2D eigenvalue weighted by atomic mass is 9.72. The number of halogens is 1. The van der Waals surface area contributed by atoms with Crippen LogP contribution in [-0.4, -0.2) is 68.0 Å². The van der Waals surface area contributed by atoms with Crippen LogP contribution in [0.15, 0.2) is 36.9 Å². The van der Waals surface area contributed by atoms with Crippen molar-refractivity contribution in [1.29, 1.82) is 0 Å². The Labute approximate surface area is 182 Å². The fourth-order valence-electron chi connectivity index (χ4n) is 4.31. The average molecular weight is 428 g/mol. The van der Waals surface area contributed by atoms with Gasteiger partial charge in [0.2, 0.25) is 5.95 Å². The van der Waals surface area contributed by atoms with Crippen molar-refractivity contribution in [2.75, 3.05) is 38.1 Å². The summed E-state index contributed by atoms with van der Waals surface area (Å²) in [6.07, 6.45) is 7.81. The van der Waals surface area contributed by atoms with Crippen molar-refractivity contribution in [2.24, 2.45) is 5.41 Å². The molecule has 2 aliphatic rings. The van der Waals surface area contributed by atoms with E-state index in [1.165, 1.54) is 25.9 Å². The zero-order valence-corrected chi connectivity index (χ0v) is 18.0. The lowest BCUT2D eigenvalue weighted by Gasteiger charge is -2.53. The van der Waals surface area contributed by atoms with Crippen molar-refractivity contribution in [2.45, 2.75) is 19.8 Å². The number of benzene rings is 1. The number of rotatable bonds is 3. The maximum Gasteiger partial charge on any atom is 0.245 e. The molecule has 2 aromatic heterocycles. The summed E-state index contributed by atoms with van der Waals surface area (Å²) in [5.74, 6) is 0.815. The molecule has 5 rings (SSSR count). The number of aromatic nitrogens is 5. The zero-order valence-electron chi connectivity index (χ0n) is 17.2. The van der Waals surface area contributed by atoms with Crippen LogP contribution in [-0.2, 0) is 0 Å². The zero-order chi connectivity index (χ0) is 20.0. The van der Waals surface area contributed by atoms with Crippen LogP contribution < -0.4 is 4.90 Å². The summed E-state index contributed by atoms with van der Waals surface area (Å²) in [6, 6.07) is 5.46. The van der Waals surface area contributed by atoms with Crippen LogP contribution >= 0.6 is 12.4 Å². The molecule has 158 valence electrons. The Morgan fingerprint density at radius 1 is 1.07 bits per heavy atom. The second-order valence-corrected chi connectivity index (χ2v) is 8.43. The number of hydrogen-bond acceptors (Lipinski definition) is 7. The molecule has 3 aromatic rings. The molecule has 0 bridgehead atoms. The van der Waals surface area contributed by atoms with Crippen molar-refractivity contribution < 1.29 is 5.11 Å². The van der Waals surface area contributed by atoms with Crippen LogP contribution in [0.1, 0.15) is 18.5 Å². The number of hydrogen-bond donors (Lipinski definition) is 1. The van der Waals surface area contributed by atoms with Crippen molar-refractivity contribution in [3.63, 3.8) is 0 Å². The highest BCUT2D eigenvalue weighted by Gasteiger charge is 2.45. The average Bonchev–Trinajstić information content (AvgIpc) is 3.14. The minimum atomic E-state index is 0. The van der Waals surface area contributed by atoms with E-state index >= 15 is 0 Å². The number of aromatic hydroxyl groups is 1. The van der Waals surface area contributed by atoms with Gasteiger partial charge in [-0.25, -0.2) is 9.97 Å². The molecule has 9 heteroatoms. The lowest BCUT2D eigenvalue weighted by Crippen LogP contribution is -2.60. The highest BCUT2D eigenvalue weighted by Crippen LogP contribution is 2.41. The molecule has 0 aliphatic carbocycles. The number of aryl methyl sites for hydroxylation is 1. The first-order chi connectivity index (χ1) is 14.0. The highest BCUT2D eigenvalue weighted by atomic mass is 35.5. The topological polar surface area (TPSA) is 83.2 Å². The molecule has 0 amide bonds. The largest absolute Gasteiger partial charge is 0.507 e. The van der Waals surface area contributed by atoms with Gasteiger partial charge in [0, 0.05) is 36.3 Å². The van der Waals surface area contributed by atoms with Gasteiger partial charge in [0.1, 0.15) is 11.4 Å².